The van der Waals surface area contributed by atoms with Gasteiger partial charge in [-0.15, -0.1) is 0 Å². The minimum atomic E-state index is 0.283. The van der Waals surface area contributed by atoms with Gasteiger partial charge in [-0.1, -0.05) is 30.7 Å². The van der Waals surface area contributed by atoms with Crippen LogP contribution in [0.15, 0.2) is 18.2 Å². The van der Waals surface area contributed by atoms with Crippen LogP contribution in [-0.2, 0) is 0 Å². The van der Waals surface area contributed by atoms with Crippen LogP contribution < -0.4 is 5.73 Å². The van der Waals surface area contributed by atoms with Crippen LogP contribution in [0.25, 0.3) is 0 Å². The zero-order valence-corrected chi connectivity index (χ0v) is 11.2. The van der Waals surface area contributed by atoms with Gasteiger partial charge >= 0.3 is 0 Å². The zero-order valence-electron chi connectivity index (χ0n) is 11.2. The van der Waals surface area contributed by atoms with Crippen LogP contribution >= 0.6 is 0 Å². The lowest BCUT2D eigenvalue weighted by Crippen LogP contribution is -2.45. The van der Waals surface area contributed by atoms with Crippen molar-refractivity contribution in [1.29, 1.82) is 0 Å². The Kier molecular flexibility index (Phi) is 3.85. The summed E-state index contributed by atoms with van der Waals surface area (Å²) >= 11 is 0. The normalized spacial score (nSPS) is 26.1. The number of hydrogen-bond acceptors (Lipinski definition) is 2. The first-order valence-corrected chi connectivity index (χ1v) is 6.70. The molecular formula is C15H24N2. The van der Waals surface area contributed by atoms with E-state index in [1.165, 1.54) is 29.7 Å². The van der Waals surface area contributed by atoms with Crippen molar-refractivity contribution in [3.05, 3.63) is 34.9 Å². The van der Waals surface area contributed by atoms with Crippen LogP contribution in [0.2, 0.25) is 0 Å². The molecule has 17 heavy (non-hydrogen) atoms. The summed E-state index contributed by atoms with van der Waals surface area (Å²) < 4.78 is 0. The topological polar surface area (TPSA) is 29.3 Å². The highest BCUT2D eigenvalue weighted by molar-refractivity contribution is 5.34. The lowest BCUT2D eigenvalue weighted by atomic mass is 9.88. The van der Waals surface area contributed by atoms with E-state index in [0.29, 0.717) is 6.04 Å². The summed E-state index contributed by atoms with van der Waals surface area (Å²) in [5.41, 5.74) is 10.5. The van der Waals surface area contributed by atoms with Crippen LogP contribution in [0.3, 0.4) is 0 Å². The third kappa shape index (κ3) is 2.53. The Hall–Kier alpha value is -0.860. The lowest BCUT2D eigenvalue weighted by molar-refractivity contribution is 0.135. The minimum Gasteiger partial charge on any atom is -0.326 e. The van der Waals surface area contributed by atoms with E-state index >= 15 is 0 Å². The number of likely N-dealkylation sites (N-methyl/N-ethyl adjacent to an activating group) is 1. The third-order valence-corrected chi connectivity index (χ3v) is 3.93. The van der Waals surface area contributed by atoms with Gasteiger partial charge in [-0.25, -0.2) is 0 Å². The molecule has 2 heteroatoms. The summed E-state index contributed by atoms with van der Waals surface area (Å²) in [5, 5.41) is 0. The summed E-state index contributed by atoms with van der Waals surface area (Å²) in [6.07, 6.45) is 2.38. The monoisotopic (exact) mass is 232 g/mol. The molecule has 1 aliphatic rings. The van der Waals surface area contributed by atoms with E-state index in [9.17, 15) is 0 Å². The van der Waals surface area contributed by atoms with E-state index in [0.717, 1.165) is 13.0 Å². The van der Waals surface area contributed by atoms with Crippen molar-refractivity contribution in [3.63, 3.8) is 0 Å². The van der Waals surface area contributed by atoms with Gasteiger partial charge in [0.1, 0.15) is 0 Å². The molecule has 0 saturated carbocycles. The maximum Gasteiger partial charge on any atom is 0.0501 e. The second kappa shape index (κ2) is 5.19. The van der Waals surface area contributed by atoms with Crippen molar-refractivity contribution in [2.45, 2.75) is 45.7 Å². The molecule has 0 aliphatic carbocycles. The average molecular weight is 232 g/mol. The summed E-state index contributed by atoms with van der Waals surface area (Å²) in [6, 6.07) is 7.44. The van der Waals surface area contributed by atoms with Crippen molar-refractivity contribution in [3.8, 4) is 0 Å². The number of nitrogens with two attached hydrogens (primary N) is 1. The van der Waals surface area contributed by atoms with Gasteiger partial charge in [0.15, 0.2) is 0 Å². The van der Waals surface area contributed by atoms with Gasteiger partial charge in [0.2, 0.25) is 0 Å². The van der Waals surface area contributed by atoms with E-state index in [1.807, 2.05) is 0 Å². The number of benzene rings is 1. The highest BCUT2D eigenvalue weighted by Crippen LogP contribution is 2.32. The van der Waals surface area contributed by atoms with Crippen LogP contribution in [0, 0.1) is 13.8 Å². The van der Waals surface area contributed by atoms with Crippen molar-refractivity contribution >= 4 is 0 Å². The fourth-order valence-electron chi connectivity index (χ4n) is 3.04. The van der Waals surface area contributed by atoms with Gasteiger partial charge in [-0.2, -0.15) is 0 Å². The fourth-order valence-corrected chi connectivity index (χ4v) is 3.04. The molecule has 0 aromatic heterocycles. The molecule has 94 valence electrons. The van der Waals surface area contributed by atoms with Crippen molar-refractivity contribution in [1.82, 2.24) is 4.90 Å². The first kappa shape index (κ1) is 12.6. The number of piperidine rings is 1. The van der Waals surface area contributed by atoms with Gasteiger partial charge in [0.05, 0.1) is 6.04 Å². The van der Waals surface area contributed by atoms with Crippen LogP contribution in [0.5, 0.6) is 0 Å². The highest BCUT2D eigenvalue weighted by atomic mass is 15.2. The third-order valence-electron chi connectivity index (χ3n) is 3.93. The quantitative estimate of drug-likeness (QED) is 0.849. The number of aryl methyl sites for hydroxylation is 2. The maximum atomic E-state index is 6.34. The van der Waals surface area contributed by atoms with Crippen molar-refractivity contribution in [2.24, 2.45) is 5.73 Å². The number of likely N-dealkylation sites (tertiary alicyclic amines) is 1. The summed E-state index contributed by atoms with van der Waals surface area (Å²) in [6.45, 7) is 8.86. The van der Waals surface area contributed by atoms with Crippen LogP contribution in [0.1, 0.15) is 42.5 Å². The molecule has 0 spiro atoms. The Morgan fingerprint density at radius 1 is 1.35 bits per heavy atom. The average Bonchev–Trinajstić information content (AvgIpc) is 2.30. The van der Waals surface area contributed by atoms with Crippen LogP contribution in [-0.4, -0.2) is 24.0 Å². The molecule has 1 aromatic carbocycles. The molecule has 1 aromatic rings. The molecule has 0 bridgehead atoms. The second-order valence-electron chi connectivity index (χ2n) is 5.24. The lowest BCUT2D eigenvalue weighted by Gasteiger charge is -2.40. The maximum absolute atomic E-state index is 6.34. The van der Waals surface area contributed by atoms with Crippen molar-refractivity contribution < 1.29 is 0 Å². The molecule has 2 rings (SSSR count). The Labute approximate surface area is 105 Å². The van der Waals surface area contributed by atoms with E-state index in [-0.39, 0.29) is 6.04 Å². The Bertz CT molecular complexity index is 387. The molecule has 2 N–H and O–H groups in total. The molecule has 2 atom stereocenters. The number of rotatable bonds is 2. The van der Waals surface area contributed by atoms with Crippen molar-refractivity contribution in [2.75, 3.05) is 13.1 Å². The first-order chi connectivity index (χ1) is 8.13. The van der Waals surface area contributed by atoms with Crippen LogP contribution in [0.4, 0.5) is 0 Å². The second-order valence-corrected chi connectivity index (χ2v) is 5.24. The molecule has 1 fully saturated rings. The summed E-state index contributed by atoms with van der Waals surface area (Å²) in [5.74, 6) is 0. The Morgan fingerprint density at radius 3 is 2.76 bits per heavy atom. The van der Waals surface area contributed by atoms with E-state index in [1.54, 1.807) is 0 Å². The van der Waals surface area contributed by atoms with E-state index in [2.05, 4.69) is 43.9 Å². The van der Waals surface area contributed by atoms with Gasteiger partial charge in [0.25, 0.3) is 0 Å². The molecule has 0 radical (unpaired) electrons. The minimum absolute atomic E-state index is 0.283. The molecule has 1 aliphatic heterocycles. The molecule has 2 nitrogen and oxygen atoms in total. The smallest absolute Gasteiger partial charge is 0.0501 e. The molecular weight excluding hydrogens is 208 g/mol. The SMILES string of the molecule is CCN1CCCC(N)C1c1ccc(C)cc1C. The van der Waals surface area contributed by atoms with Gasteiger partial charge < -0.3 is 5.73 Å². The summed E-state index contributed by atoms with van der Waals surface area (Å²) in [4.78, 5) is 2.52. The van der Waals surface area contributed by atoms with E-state index in [4.69, 9.17) is 5.73 Å². The predicted molar refractivity (Wildman–Crippen MR) is 73.1 cm³/mol. The number of hydrogen-bond donors (Lipinski definition) is 1. The zero-order chi connectivity index (χ0) is 12.4. The molecule has 2 unspecified atom stereocenters. The molecule has 1 heterocycles. The van der Waals surface area contributed by atoms with E-state index < -0.39 is 0 Å². The van der Waals surface area contributed by atoms with Gasteiger partial charge in [0, 0.05) is 6.04 Å². The standard InChI is InChI=1S/C15H24N2/c1-4-17-9-5-6-14(16)15(17)13-8-7-11(2)10-12(13)3/h7-8,10,14-15H,4-6,9,16H2,1-3H3. The fraction of sp³-hybridized carbons (Fsp3) is 0.600. The molecule has 0 amide bonds. The number of nitrogens with zero attached hydrogens (tertiary/aromatic N) is 1. The summed E-state index contributed by atoms with van der Waals surface area (Å²) in [7, 11) is 0. The first-order valence-electron chi connectivity index (χ1n) is 6.70. The Balaban J connectivity index is 2.34. The van der Waals surface area contributed by atoms with Gasteiger partial charge in [-0.05, 0) is 50.9 Å². The largest absolute Gasteiger partial charge is 0.326 e. The molecule has 1 saturated heterocycles. The van der Waals surface area contributed by atoms with Gasteiger partial charge in [-0.3, -0.25) is 4.90 Å². The Morgan fingerprint density at radius 2 is 2.12 bits per heavy atom. The highest BCUT2D eigenvalue weighted by Gasteiger charge is 2.29. The predicted octanol–water partition coefficient (Wildman–Crippen LogP) is 2.79.